The van der Waals surface area contributed by atoms with Crippen molar-refractivity contribution in [3.63, 3.8) is 0 Å². The second-order valence-electron chi connectivity index (χ2n) is 8.68. The molecule has 1 atom stereocenters. The first-order valence-corrected chi connectivity index (χ1v) is 11.5. The van der Waals surface area contributed by atoms with Gasteiger partial charge >= 0.3 is 17.7 Å². The van der Waals surface area contributed by atoms with Gasteiger partial charge in [-0.15, -0.1) is 0 Å². The molecule has 0 saturated carbocycles. The lowest BCUT2D eigenvalue weighted by Gasteiger charge is -2.21. The Labute approximate surface area is 199 Å². The Morgan fingerprint density at radius 2 is 1.82 bits per heavy atom. The van der Waals surface area contributed by atoms with E-state index in [2.05, 4.69) is 12.2 Å². The van der Waals surface area contributed by atoms with Gasteiger partial charge in [-0.2, -0.15) is 0 Å². The maximum atomic E-state index is 13.1. The molecule has 180 valence electrons. The standard InChI is InChI=1S/C27H31NO6/c1-5-6-12-20-15-23(29)33-21-13-18(4)14-22(24(20)21)34-26(30)25(17(2)3)28-27(31)32-16-19-10-8-7-9-11-19/h7-11,13-15,17,25H,5-6,12,16H2,1-4H3,(H,28,31). The van der Waals surface area contributed by atoms with E-state index in [1.54, 1.807) is 12.1 Å². The summed E-state index contributed by atoms with van der Waals surface area (Å²) < 4.78 is 16.4. The third-order valence-electron chi connectivity index (χ3n) is 5.45. The van der Waals surface area contributed by atoms with Gasteiger partial charge in [-0.05, 0) is 54.5 Å². The molecule has 1 N–H and O–H groups in total. The molecule has 2 aromatic carbocycles. The number of alkyl carbamates (subject to hydrolysis) is 1. The average Bonchev–Trinajstić information content (AvgIpc) is 2.79. The van der Waals surface area contributed by atoms with Gasteiger partial charge in [-0.25, -0.2) is 14.4 Å². The zero-order valence-corrected chi connectivity index (χ0v) is 20.1. The van der Waals surface area contributed by atoms with E-state index >= 15 is 0 Å². The maximum absolute atomic E-state index is 13.1. The fraction of sp³-hybridized carbons (Fsp3) is 0.370. The minimum atomic E-state index is -0.923. The topological polar surface area (TPSA) is 94.8 Å². The Bertz CT molecular complexity index is 1200. The molecular weight excluding hydrogens is 434 g/mol. The minimum Gasteiger partial charge on any atom is -0.445 e. The molecule has 0 radical (unpaired) electrons. The molecule has 3 rings (SSSR count). The Morgan fingerprint density at radius 1 is 1.09 bits per heavy atom. The van der Waals surface area contributed by atoms with Crippen molar-refractivity contribution in [1.82, 2.24) is 5.32 Å². The first-order chi connectivity index (χ1) is 16.3. The van der Waals surface area contributed by atoms with Crippen LogP contribution in [0.1, 0.15) is 50.3 Å². The lowest BCUT2D eigenvalue weighted by atomic mass is 10.0. The molecule has 0 aliphatic carbocycles. The third kappa shape index (κ3) is 6.47. The molecule has 0 spiro atoms. The zero-order valence-electron chi connectivity index (χ0n) is 20.1. The molecule has 3 aromatic rings. The van der Waals surface area contributed by atoms with E-state index in [1.807, 2.05) is 51.1 Å². The quantitative estimate of drug-likeness (QED) is 0.262. The molecular formula is C27H31NO6. The number of esters is 1. The number of rotatable bonds is 9. The average molecular weight is 466 g/mol. The molecule has 0 saturated heterocycles. The number of hydrogen-bond acceptors (Lipinski definition) is 6. The smallest absolute Gasteiger partial charge is 0.408 e. The normalized spacial score (nSPS) is 11.9. The van der Waals surface area contributed by atoms with E-state index in [0.717, 1.165) is 29.5 Å². The summed E-state index contributed by atoms with van der Waals surface area (Å²) >= 11 is 0. The van der Waals surface area contributed by atoms with Gasteiger partial charge in [0, 0.05) is 6.07 Å². The summed E-state index contributed by atoms with van der Waals surface area (Å²) in [5.74, 6) is -0.559. The Morgan fingerprint density at radius 3 is 2.50 bits per heavy atom. The van der Waals surface area contributed by atoms with E-state index in [4.69, 9.17) is 13.9 Å². The van der Waals surface area contributed by atoms with Crippen molar-refractivity contribution in [2.24, 2.45) is 5.92 Å². The van der Waals surface area contributed by atoms with Gasteiger partial charge < -0.3 is 19.2 Å². The van der Waals surface area contributed by atoms with Crippen LogP contribution in [0.25, 0.3) is 11.0 Å². The fourth-order valence-corrected chi connectivity index (χ4v) is 3.68. The number of unbranched alkanes of at least 4 members (excludes halogenated alkanes) is 1. The molecule has 0 aliphatic heterocycles. The maximum Gasteiger partial charge on any atom is 0.408 e. The van der Waals surface area contributed by atoms with Crippen LogP contribution in [0.2, 0.25) is 0 Å². The number of hydrogen-bond donors (Lipinski definition) is 1. The van der Waals surface area contributed by atoms with Gasteiger partial charge in [0.1, 0.15) is 24.0 Å². The molecule has 1 heterocycles. The highest BCUT2D eigenvalue weighted by molar-refractivity contribution is 5.91. The van der Waals surface area contributed by atoms with Crippen LogP contribution in [-0.4, -0.2) is 18.1 Å². The van der Waals surface area contributed by atoms with Gasteiger partial charge in [0.15, 0.2) is 0 Å². The summed E-state index contributed by atoms with van der Waals surface area (Å²) in [5, 5.41) is 3.22. The highest BCUT2D eigenvalue weighted by Crippen LogP contribution is 2.31. The SMILES string of the molecule is CCCCc1cc(=O)oc2cc(C)cc(OC(=O)C(NC(=O)OCc3ccccc3)C(C)C)c12. The summed E-state index contributed by atoms with van der Waals surface area (Å²) in [6.07, 6.45) is 1.78. The molecule has 0 aliphatic rings. The number of carbonyl (C=O) groups is 2. The number of carbonyl (C=O) groups excluding carboxylic acids is 2. The number of amides is 1. The van der Waals surface area contributed by atoms with E-state index in [9.17, 15) is 14.4 Å². The second kappa shape index (κ2) is 11.5. The summed E-state index contributed by atoms with van der Waals surface area (Å²) in [6, 6.07) is 13.3. The molecule has 1 unspecified atom stereocenters. The van der Waals surface area contributed by atoms with Crippen molar-refractivity contribution in [1.29, 1.82) is 0 Å². The lowest BCUT2D eigenvalue weighted by molar-refractivity contribution is -0.137. The largest absolute Gasteiger partial charge is 0.445 e. The van der Waals surface area contributed by atoms with E-state index in [1.165, 1.54) is 6.07 Å². The van der Waals surface area contributed by atoms with E-state index < -0.39 is 23.7 Å². The summed E-state index contributed by atoms with van der Waals surface area (Å²) in [6.45, 7) is 7.60. The van der Waals surface area contributed by atoms with Crippen molar-refractivity contribution >= 4 is 23.0 Å². The van der Waals surface area contributed by atoms with Crippen LogP contribution < -0.4 is 15.7 Å². The van der Waals surface area contributed by atoms with Gasteiger partial charge in [0.05, 0.1) is 5.39 Å². The van der Waals surface area contributed by atoms with Gasteiger partial charge in [0.2, 0.25) is 0 Å². The van der Waals surface area contributed by atoms with Crippen molar-refractivity contribution in [2.45, 2.75) is 59.6 Å². The number of aryl methyl sites for hydroxylation is 2. The predicted octanol–water partition coefficient (Wildman–Crippen LogP) is 5.30. The summed E-state index contributed by atoms with van der Waals surface area (Å²) in [4.78, 5) is 37.6. The first-order valence-electron chi connectivity index (χ1n) is 11.5. The Balaban J connectivity index is 1.82. The number of ether oxygens (including phenoxy) is 2. The Kier molecular flexibility index (Phi) is 8.46. The first kappa shape index (κ1) is 25.0. The molecule has 7 heteroatoms. The van der Waals surface area contributed by atoms with Crippen LogP contribution in [0.3, 0.4) is 0 Å². The molecule has 1 aromatic heterocycles. The highest BCUT2D eigenvalue weighted by atomic mass is 16.6. The molecule has 7 nitrogen and oxygen atoms in total. The van der Waals surface area contributed by atoms with Crippen molar-refractivity contribution in [3.8, 4) is 5.75 Å². The highest BCUT2D eigenvalue weighted by Gasteiger charge is 2.28. The van der Waals surface area contributed by atoms with Crippen LogP contribution in [0, 0.1) is 12.8 Å². The molecule has 34 heavy (non-hydrogen) atoms. The Hall–Kier alpha value is -3.61. The summed E-state index contributed by atoms with van der Waals surface area (Å²) in [5.41, 5.74) is 2.32. The van der Waals surface area contributed by atoms with Crippen LogP contribution in [0.4, 0.5) is 4.79 Å². The van der Waals surface area contributed by atoms with Gasteiger partial charge in [-0.1, -0.05) is 57.5 Å². The molecule has 0 fully saturated rings. The molecule has 0 bridgehead atoms. The predicted molar refractivity (Wildman–Crippen MR) is 130 cm³/mol. The summed E-state index contributed by atoms with van der Waals surface area (Å²) in [7, 11) is 0. The third-order valence-corrected chi connectivity index (χ3v) is 5.45. The number of fused-ring (bicyclic) bond motifs is 1. The van der Waals surface area contributed by atoms with Crippen LogP contribution in [0.5, 0.6) is 5.75 Å². The van der Waals surface area contributed by atoms with Crippen molar-refractivity contribution in [2.75, 3.05) is 0 Å². The van der Waals surface area contributed by atoms with Gasteiger partial charge in [0.25, 0.3) is 0 Å². The number of nitrogens with one attached hydrogen (secondary N) is 1. The van der Waals surface area contributed by atoms with Crippen LogP contribution in [0.15, 0.2) is 57.7 Å². The van der Waals surface area contributed by atoms with E-state index in [0.29, 0.717) is 23.1 Å². The monoisotopic (exact) mass is 465 g/mol. The van der Waals surface area contributed by atoms with Gasteiger partial charge in [-0.3, -0.25) is 0 Å². The van der Waals surface area contributed by atoms with Crippen LogP contribution in [-0.2, 0) is 22.6 Å². The van der Waals surface area contributed by atoms with E-state index in [-0.39, 0.29) is 12.5 Å². The lowest BCUT2D eigenvalue weighted by Crippen LogP contribution is -2.46. The van der Waals surface area contributed by atoms with Crippen LogP contribution >= 0.6 is 0 Å². The number of benzene rings is 2. The minimum absolute atomic E-state index is 0.0921. The zero-order chi connectivity index (χ0) is 24.7. The van der Waals surface area contributed by atoms with Crippen molar-refractivity contribution in [3.05, 3.63) is 75.6 Å². The molecule has 1 amide bonds. The fourth-order valence-electron chi connectivity index (χ4n) is 3.68. The second-order valence-corrected chi connectivity index (χ2v) is 8.68. The van der Waals surface area contributed by atoms with Crippen molar-refractivity contribution < 1.29 is 23.5 Å².